The number of hydrogen-bond acceptors (Lipinski definition) is 4. The monoisotopic (exact) mass is 202 g/mol. The van der Waals surface area contributed by atoms with E-state index in [0.29, 0.717) is 6.54 Å². The Balaban J connectivity index is 2.24. The first kappa shape index (κ1) is 11.9. The van der Waals surface area contributed by atoms with Crippen LogP contribution >= 0.6 is 0 Å². The van der Waals surface area contributed by atoms with Crippen molar-refractivity contribution in [1.29, 1.82) is 0 Å². The highest BCUT2D eigenvalue weighted by Gasteiger charge is 2.26. The molecular formula is C10H22N2O2. The number of morpholine rings is 1. The van der Waals surface area contributed by atoms with E-state index >= 15 is 0 Å². The summed E-state index contributed by atoms with van der Waals surface area (Å²) in [4.78, 5) is 2.32. The Morgan fingerprint density at radius 2 is 2.29 bits per heavy atom. The molecule has 1 rings (SSSR count). The maximum Gasteiger partial charge on any atom is 0.0753 e. The number of nitrogens with two attached hydrogens (primary N) is 1. The molecule has 0 aliphatic carbocycles. The maximum absolute atomic E-state index is 9.34. The fourth-order valence-electron chi connectivity index (χ4n) is 1.75. The van der Waals surface area contributed by atoms with Gasteiger partial charge in [0.25, 0.3) is 0 Å². The van der Waals surface area contributed by atoms with E-state index in [1.54, 1.807) is 0 Å². The molecule has 0 aromatic rings. The van der Waals surface area contributed by atoms with Crippen LogP contribution in [-0.2, 0) is 4.74 Å². The predicted octanol–water partition coefficient (Wildman–Crippen LogP) is -0.193. The third-order valence-electron chi connectivity index (χ3n) is 2.56. The molecule has 1 aliphatic rings. The lowest BCUT2D eigenvalue weighted by molar-refractivity contribution is -0.0876. The van der Waals surface area contributed by atoms with Crippen LogP contribution in [0.5, 0.6) is 0 Å². The van der Waals surface area contributed by atoms with E-state index in [2.05, 4.69) is 18.7 Å². The van der Waals surface area contributed by atoms with E-state index < -0.39 is 0 Å². The highest BCUT2D eigenvalue weighted by Crippen LogP contribution is 2.16. The van der Waals surface area contributed by atoms with Crippen molar-refractivity contribution < 1.29 is 9.84 Å². The Bertz CT molecular complexity index is 174. The van der Waals surface area contributed by atoms with Crippen LogP contribution in [0.1, 0.15) is 20.3 Å². The highest BCUT2D eigenvalue weighted by molar-refractivity contribution is 4.79. The van der Waals surface area contributed by atoms with Crippen LogP contribution in [0.3, 0.4) is 0 Å². The van der Waals surface area contributed by atoms with E-state index in [0.717, 1.165) is 32.7 Å². The first-order chi connectivity index (χ1) is 6.53. The molecule has 3 N–H and O–H groups in total. The summed E-state index contributed by atoms with van der Waals surface area (Å²) in [5, 5.41) is 9.34. The molecule has 0 radical (unpaired) electrons. The fourth-order valence-corrected chi connectivity index (χ4v) is 1.75. The normalized spacial score (nSPS) is 24.9. The number of ether oxygens (including phenoxy) is 1. The molecule has 1 fully saturated rings. The standard InChI is InChI=1S/C10H22N2O2/c1-10(2)8-12(5-6-14-10)4-3-9(13)7-11/h9,13H,3-8,11H2,1-2H3. The SMILES string of the molecule is CC1(C)CN(CCC(O)CN)CCO1. The molecule has 0 bridgehead atoms. The van der Waals surface area contributed by atoms with Gasteiger partial charge in [-0.2, -0.15) is 0 Å². The average molecular weight is 202 g/mol. The molecular weight excluding hydrogens is 180 g/mol. The van der Waals surface area contributed by atoms with E-state index in [9.17, 15) is 5.11 Å². The molecule has 0 saturated carbocycles. The molecule has 0 aromatic carbocycles. The first-order valence-electron chi connectivity index (χ1n) is 5.28. The third kappa shape index (κ3) is 3.92. The lowest BCUT2D eigenvalue weighted by Crippen LogP contribution is -2.49. The van der Waals surface area contributed by atoms with Gasteiger partial charge in [-0.3, -0.25) is 4.90 Å². The summed E-state index contributed by atoms with van der Waals surface area (Å²) < 4.78 is 5.60. The van der Waals surface area contributed by atoms with Gasteiger partial charge in [-0.25, -0.2) is 0 Å². The van der Waals surface area contributed by atoms with Crippen LogP contribution in [0, 0.1) is 0 Å². The Hall–Kier alpha value is -0.160. The van der Waals surface area contributed by atoms with Crippen molar-refractivity contribution in [1.82, 2.24) is 4.90 Å². The molecule has 1 aliphatic heterocycles. The van der Waals surface area contributed by atoms with Crippen LogP contribution in [0.4, 0.5) is 0 Å². The van der Waals surface area contributed by atoms with Crippen molar-refractivity contribution in [3.8, 4) is 0 Å². The topological polar surface area (TPSA) is 58.7 Å². The van der Waals surface area contributed by atoms with Crippen LogP contribution in [-0.4, -0.2) is 54.5 Å². The van der Waals surface area contributed by atoms with Crippen LogP contribution < -0.4 is 5.73 Å². The summed E-state index contributed by atoms with van der Waals surface area (Å²) in [5.41, 5.74) is 5.30. The quantitative estimate of drug-likeness (QED) is 0.663. The summed E-state index contributed by atoms with van der Waals surface area (Å²) in [6.07, 6.45) is 0.396. The molecule has 4 heteroatoms. The molecule has 14 heavy (non-hydrogen) atoms. The van der Waals surface area contributed by atoms with Crippen molar-refractivity contribution in [2.75, 3.05) is 32.8 Å². The van der Waals surface area contributed by atoms with E-state index in [4.69, 9.17) is 10.5 Å². The average Bonchev–Trinajstić information content (AvgIpc) is 2.12. The molecule has 0 amide bonds. The summed E-state index contributed by atoms with van der Waals surface area (Å²) in [6.45, 7) is 8.13. The zero-order chi connectivity index (χ0) is 10.6. The molecule has 1 unspecified atom stereocenters. The van der Waals surface area contributed by atoms with Crippen molar-refractivity contribution >= 4 is 0 Å². The Morgan fingerprint density at radius 1 is 1.57 bits per heavy atom. The van der Waals surface area contributed by atoms with Gasteiger partial charge in [0.15, 0.2) is 0 Å². The van der Waals surface area contributed by atoms with Gasteiger partial charge in [0.05, 0.1) is 18.3 Å². The lowest BCUT2D eigenvalue weighted by atomic mass is 10.1. The van der Waals surface area contributed by atoms with Crippen molar-refractivity contribution in [2.45, 2.75) is 32.0 Å². The van der Waals surface area contributed by atoms with Gasteiger partial charge in [-0.15, -0.1) is 0 Å². The summed E-state index contributed by atoms with van der Waals surface area (Å²) in [6, 6.07) is 0. The van der Waals surface area contributed by atoms with Gasteiger partial charge in [-0.05, 0) is 20.3 Å². The number of hydrogen-bond donors (Lipinski definition) is 2. The van der Waals surface area contributed by atoms with E-state index in [1.807, 2.05) is 0 Å². The van der Waals surface area contributed by atoms with Crippen molar-refractivity contribution in [3.63, 3.8) is 0 Å². The molecule has 0 aromatic heterocycles. The van der Waals surface area contributed by atoms with Crippen molar-refractivity contribution in [2.24, 2.45) is 5.73 Å². The maximum atomic E-state index is 9.34. The molecule has 4 nitrogen and oxygen atoms in total. The third-order valence-corrected chi connectivity index (χ3v) is 2.56. The summed E-state index contributed by atoms with van der Waals surface area (Å²) >= 11 is 0. The molecule has 0 spiro atoms. The lowest BCUT2D eigenvalue weighted by Gasteiger charge is -2.38. The number of nitrogens with zero attached hydrogens (tertiary/aromatic N) is 1. The second-order valence-electron chi connectivity index (χ2n) is 4.56. The Labute approximate surface area is 86.0 Å². The molecule has 1 atom stereocenters. The summed E-state index contributed by atoms with van der Waals surface area (Å²) in [5.74, 6) is 0. The number of aliphatic hydroxyl groups is 1. The zero-order valence-corrected chi connectivity index (χ0v) is 9.20. The molecule has 84 valence electrons. The van der Waals surface area contributed by atoms with Crippen LogP contribution in [0.2, 0.25) is 0 Å². The minimum Gasteiger partial charge on any atom is -0.392 e. The zero-order valence-electron chi connectivity index (χ0n) is 9.20. The second-order valence-corrected chi connectivity index (χ2v) is 4.56. The Kier molecular flexibility index (Phi) is 4.31. The summed E-state index contributed by atoms with van der Waals surface area (Å²) in [7, 11) is 0. The van der Waals surface area contributed by atoms with Gasteiger partial charge in [0.1, 0.15) is 0 Å². The van der Waals surface area contributed by atoms with E-state index in [-0.39, 0.29) is 11.7 Å². The van der Waals surface area contributed by atoms with Gasteiger partial charge >= 0.3 is 0 Å². The van der Waals surface area contributed by atoms with Gasteiger partial charge < -0.3 is 15.6 Å². The van der Waals surface area contributed by atoms with Gasteiger partial charge in [-0.1, -0.05) is 0 Å². The smallest absolute Gasteiger partial charge is 0.0753 e. The first-order valence-corrected chi connectivity index (χ1v) is 5.28. The van der Waals surface area contributed by atoms with Crippen LogP contribution in [0.25, 0.3) is 0 Å². The highest BCUT2D eigenvalue weighted by atomic mass is 16.5. The van der Waals surface area contributed by atoms with Crippen LogP contribution in [0.15, 0.2) is 0 Å². The minimum absolute atomic E-state index is 0.0497. The van der Waals surface area contributed by atoms with E-state index in [1.165, 1.54) is 0 Å². The number of rotatable bonds is 4. The Morgan fingerprint density at radius 3 is 2.86 bits per heavy atom. The largest absolute Gasteiger partial charge is 0.392 e. The molecule has 1 heterocycles. The minimum atomic E-state index is -0.360. The van der Waals surface area contributed by atoms with Crippen molar-refractivity contribution in [3.05, 3.63) is 0 Å². The number of aliphatic hydroxyl groups excluding tert-OH is 1. The second kappa shape index (κ2) is 5.07. The predicted molar refractivity (Wildman–Crippen MR) is 56.1 cm³/mol. The van der Waals surface area contributed by atoms with Gasteiger partial charge in [0, 0.05) is 26.2 Å². The van der Waals surface area contributed by atoms with Gasteiger partial charge in [0.2, 0.25) is 0 Å². The molecule has 1 saturated heterocycles. The fraction of sp³-hybridized carbons (Fsp3) is 1.00.